The second-order valence-electron chi connectivity index (χ2n) is 3.02. The van der Waals surface area contributed by atoms with Crippen molar-refractivity contribution in [3.8, 4) is 0 Å². The molecule has 0 spiro atoms. The van der Waals surface area contributed by atoms with Crippen LogP contribution in [0.15, 0.2) is 11.1 Å². The van der Waals surface area contributed by atoms with Gasteiger partial charge in [0.05, 0.1) is 6.42 Å². The molecule has 3 heteroatoms. The topological polar surface area (TPSA) is 54.4 Å². The number of rotatable bonds is 3. The Hall–Kier alpha value is -1.12. The summed E-state index contributed by atoms with van der Waals surface area (Å²) in [6.07, 6.45) is 4.40. The highest BCUT2D eigenvalue weighted by atomic mass is 16.4. The lowest BCUT2D eigenvalue weighted by Gasteiger charge is -2.14. The van der Waals surface area contributed by atoms with E-state index in [1.165, 1.54) is 0 Å². The molecule has 1 aliphatic rings. The summed E-state index contributed by atoms with van der Waals surface area (Å²) in [6, 6.07) is 0. The molecule has 0 saturated carbocycles. The van der Waals surface area contributed by atoms with Crippen LogP contribution in [-0.2, 0) is 9.59 Å². The highest BCUT2D eigenvalue weighted by Gasteiger charge is 2.14. The van der Waals surface area contributed by atoms with Crippen molar-refractivity contribution in [2.75, 3.05) is 0 Å². The molecule has 12 heavy (non-hydrogen) atoms. The van der Waals surface area contributed by atoms with Crippen molar-refractivity contribution in [2.45, 2.75) is 32.1 Å². The molecule has 0 aromatic rings. The van der Waals surface area contributed by atoms with Gasteiger partial charge >= 0.3 is 5.97 Å². The van der Waals surface area contributed by atoms with Crippen LogP contribution in [-0.4, -0.2) is 17.4 Å². The summed E-state index contributed by atoms with van der Waals surface area (Å²) in [5.74, 6) is -0.841. The van der Waals surface area contributed by atoms with Crippen LogP contribution in [0.3, 0.4) is 0 Å². The Kier molecular flexibility index (Phi) is 3.02. The van der Waals surface area contributed by atoms with E-state index < -0.39 is 5.97 Å². The van der Waals surface area contributed by atoms with Crippen LogP contribution in [0.2, 0.25) is 0 Å². The van der Waals surface area contributed by atoms with Gasteiger partial charge in [-0.25, -0.2) is 0 Å². The first-order chi connectivity index (χ1) is 5.74. The van der Waals surface area contributed by atoms with E-state index in [0.29, 0.717) is 5.57 Å². The van der Waals surface area contributed by atoms with Crippen LogP contribution in [0.25, 0.3) is 0 Å². The van der Waals surface area contributed by atoms with Gasteiger partial charge in [-0.3, -0.25) is 9.59 Å². The van der Waals surface area contributed by atoms with Gasteiger partial charge in [0.15, 0.2) is 0 Å². The summed E-state index contributed by atoms with van der Waals surface area (Å²) in [5, 5.41) is 8.53. The van der Waals surface area contributed by atoms with E-state index in [9.17, 15) is 9.59 Å². The van der Waals surface area contributed by atoms with Crippen molar-refractivity contribution in [1.82, 2.24) is 0 Å². The smallest absolute Gasteiger partial charge is 0.307 e. The third-order valence-electron chi connectivity index (χ3n) is 2.14. The zero-order valence-electron chi connectivity index (χ0n) is 6.88. The van der Waals surface area contributed by atoms with Crippen molar-refractivity contribution >= 4 is 12.3 Å². The number of carboxylic acids is 1. The second kappa shape index (κ2) is 4.04. The summed E-state index contributed by atoms with van der Waals surface area (Å²) < 4.78 is 0. The second-order valence-corrected chi connectivity index (χ2v) is 3.02. The monoisotopic (exact) mass is 168 g/mol. The van der Waals surface area contributed by atoms with E-state index in [-0.39, 0.29) is 6.42 Å². The molecule has 0 fully saturated rings. The van der Waals surface area contributed by atoms with Gasteiger partial charge in [-0.15, -0.1) is 0 Å². The molecule has 3 nitrogen and oxygen atoms in total. The summed E-state index contributed by atoms with van der Waals surface area (Å²) >= 11 is 0. The number of carbonyl (C=O) groups excluding carboxylic acids is 1. The standard InChI is InChI=1S/C9H12O3/c10-6-8-4-2-1-3-7(8)5-9(11)12/h6H,1-5H2,(H,11,12). The van der Waals surface area contributed by atoms with Crippen molar-refractivity contribution in [3.05, 3.63) is 11.1 Å². The van der Waals surface area contributed by atoms with E-state index in [2.05, 4.69) is 0 Å². The molecule has 66 valence electrons. The average Bonchev–Trinajstić information content (AvgIpc) is 2.04. The molecule has 1 rings (SSSR count). The molecular formula is C9H12O3. The van der Waals surface area contributed by atoms with Crippen LogP contribution in [0.4, 0.5) is 0 Å². The maximum Gasteiger partial charge on any atom is 0.307 e. The van der Waals surface area contributed by atoms with E-state index >= 15 is 0 Å². The van der Waals surface area contributed by atoms with E-state index in [1.54, 1.807) is 0 Å². The minimum Gasteiger partial charge on any atom is -0.481 e. The minimum absolute atomic E-state index is 0.0358. The van der Waals surface area contributed by atoms with Crippen LogP contribution < -0.4 is 0 Å². The molecule has 0 bridgehead atoms. The first-order valence-electron chi connectivity index (χ1n) is 4.12. The van der Waals surface area contributed by atoms with E-state index in [1.807, 2.05) is 0 Å². The van der Waals surface area contributed by atoms with Crippen LogP contribution in [0.1, 0.15) is 32.1 Å². The Labute approximate surface area is 71.1 Å². The van der Waals surface area contributed by atoms with Gasteiger partial charge in [0.25, 0.3) is 0 Å². The molecule has 0 atom stereocenters. The zero-order chi connectivity index (χ0) is 8.97. The molecule has 1 aliphatic carbocycles. The Morgan fingerprint density at radius 1 is 1.42 bits per heavy atom. The lowest BCUT2D eigenvalue weighted by atomic mass is 9.91. The highest BCUT2D eigenvalue weighted by Crippen LogP contribution is 2.25. The quantitative estimate of drug-likeness (QED) is 0.650. The fraction of sp³-hybridized carbons (Fsp3) is 0.556. The lowest BCUT2D eigenvalue weighted by molar-refractivity contribution is -0.136. The van der Waals surface area contributed by atoms with Crippen molar-refractivity contribution in [3.63, 3.8) is 0 Å². The molecular weight excluding hydrogens is 156 g/mol. The van der Waals surface area contributed by atoms with Gasteiger partial charge in [0.1, 0.15) is 6.29 Å². The normalized spacial score (nSPS) is 17.7. The number of hydrogen-bond acceptors (Lipinski definition) is 2. The maximum atomic E-state index is 10.5. The zero-order valence-corrected chi connectivity index (χ0v) is 6.88. The van der Waals surface area contributed by atoms with E-state index in [0.717, 1.165) is 37.5 Å². The fourth-order valence-electron chi connectivity index (χ4n) is 1.52. The van der Waals surface area contributed by atoms with Gasteiger partial charge in [0.2, 0.25) is 0 Å². The molecule has 0 saturated heterocycles. The summed E-state index contributed by atoms with van der Waals surface area (Å²) in [5.41, 5.74) is 1.53. The van der Waals surface area contributed by atoms with Crippen LogP contribution in [0.5, 0.6) is 0 Å². The molecule has 0 radical (unpaired) electrons. The number of aliphatic carboxylic acids is 1. The molecule has 0 aliphatic heterocycles. The number of aldehydes is 1. The van der Waals surface area contributed by atoms with Crippen molar-refractivity contribution in [1.29, 1.82) is 0 Å². The van der Waals surface area contributed by atoms with Gasteiger partial charge in [0, 0.05) is 0 Å². The average molecular weight is 168 g/mol. The number of hydrogen-bond donors (Lipinski definition) is 1. The first kappa shape index (κ1) is 8.97. The Bertz CT molecular complexity index is 228. The van der Waals surface area contributed by atoms with Gasteiger partial charge in [-0.2, -0.15) is 0 Å². The molecule has 0 unspecified atom stereocenters. The largest absolute Gasteiger partial charge is 0.481 e. The Morgan fingerprint density at radius 3 is 2.67 bits per heavy atom. The third-order valence-corrected chi connectivity index (χ3v) is 2.14. The van der Waals surface area contributed by atoms with Crippen LogP contribution in [0, 0.1) is 0 Å². The predicted octanol–water partition coefficient (Wildman–Crippen LogP) is 1.53. The number of carboxylic acid groups (broad SMARTS) is 1. The third kappa shape index (κ3) is 2.19. The molecule has 1 N–H and O–H groups in total. The molecule has 0 heterocycles. The van der Waals surface area contributed by atoms with Gasteiger partial charge in [-0.05, 0) is 31.3 Å². The highest BCUT2D eigenvalue weighted by molar-refractivity contribution is 5.78. The molecule has 0 aromatic carbocycles. The fourth-order valence-corrected chi connectivity index (χ4v) is 1.52. The van der Waals surface area contributed by atoms with Crippen molar-refractivity contribution < 1.29 is 14.7 Å². The molecule has 0 amide bonds. The Morgan fingerprint density at radius 2 is 2.08 bits per heavy atom. The lowest BCUT2D eigenvalue weighted by Crippen LogP contribution is -2.05. The summed E-state index contributed by atoms with van der Waals surface area (Å²) in [4.78, 5) is 20.9. The van der Waals surface area contributed by atoms with Gasteiger partial charge < -0.3 is 5.11 Å². The van der Waals surface area contributed by atoms with Crippen molar-refractivity contribution in [2.24, 2.45) is 0 Å². The summed E-state index contributed by atoms with van der Waals surface area (Å²) in [6.45, 7) is 0. The minimum atomic E-state index is -0.841. The van der Waals surface area contributed by atoms with E-state index in [4.69, 9.17) is 5.11 Å². The SMILES string of the molecule is O=CC1=C(CC(=O)O)CCCC1. The molecule has 0 aromatic heterocycles. The number of allylic oxidation sites excluding steroid dienone is 1. The summed E-state index contributed by atoms with van der Waals surface area (Å²) in [7, 11) is 0. The van der Waals surface area contributed by atoms with Gasteiger partial charge in [-0.1, -0.05) is 5.57 Å². The van der Waals surface area contributed by atoms with Crippen LogP contribution >= 0.6 is 0 Å². The number of carbonyl (C=O) groups is 2. The predicted molar refractivity (Wildman–Crippen MR) is 43.8 cm³/mol. The Balaban J connectivity index is 2.72. The maximum absolute atomic E-state index is 10.5. The first-order valence-corrected chi connectivity index (χ1v) is 4.12.